The van der Waals surface area contributed by atoms with Gasteiger partial charge in [0.2, 0.25) is 0 Å². The van der Waals surface area contributed by atoms with Gasteiger partial charge in [-0.3, -0.25) is 0 Å². The molecular formula is C12H14Br2N4O2. The summed E-state index contributed by atoms with van der Waals surface area (Å²) in [6.45, 7) is 2.73. The van der Waals surface area contributed by atoms with E-state index in [9.17, 15) is 4.79 Å². The van der Waals surface area contributed by atoms with Crippen molar-refractivity contribution in [3.05, 3.63) is 43.2 Å². The van der Waals surface area contributed by atoms with E-state index in [1.807, 2.05) is 18.2 Å². The molecule has 0 radical (unpaired) electrons. The second kappa shape index (κ2) is 8.97. The Morgan fingerprint density at radius 1 is 1.50 bits per heavy atom. The van der Waals surface area contributed by atoms with Crippen LogP contribution in [-0.4, -0.2) is 25.7 Å². The van der Waals surface area contributed by atoms with Gasteiger partial charge in [0.1, 0.15) is 6.04 Å². The van der Waals surface area contributed by atoms with Crippen LogP contribution < -0.4 is 5.32 Å². The molecule has 8 heteroatoms. The molecule has 1 rings (SSSR count). The summed E-state index contributed by atoms with van der Waals surface area (Å²) in [6, 6.07) is 4.93. The van der Waals surface area contributed by atoms with E-state index in [4.69, 9.17) is 10.3 Å². The van der Waals surface area contributed by atoms with Crippen molar-refractivity contribution in [3.8, 4) is 0 Å². The van der Waals surface area contributed by atoms with Gasteiger partial charge in [-0.05, 0) is 62.0 Å². The lowest BCUT2D eigenvalue weighted by Gasteiger charge is -2.17. The standard InChI is InChI=1S/C12H14Br2N4O2/c1-2-20-12(19)11(16-5-6-17-18-15)8-3-4-9(13)10(14)7-8/h3-4,7,11,16H,2,5-6H2,1H3. The van der Waals surface area contributed by atoms with Crippen LogP contribution in [0.2, 0.25) is 0 Å². The molecule has 0 amide bonds. The summed E-state index contributed by atoms with van der Waals surface area (Å²) < 4.78 is 6.80. The summed E-state index contributed by atoms with van der Waals surface area (Å²) in [5, 5.41) is 6.45. The van der Waals surface area contributed by atoms with Gasteiger partial charge < -0.3 is 10.1 Å². The van der Waals surface area contributed by atoms with Crippen LogP contribution in [0.5, 0.6) is 0 Å². The Morgan fingerprint density at radius 2 is 2.25 bits per heavy atom. The fourth-order valence-corrected chi connectivity index (χ4v) is 2.20. The van der Waals surface area contributed by atoms with Crippen molar-refractivity contribution in [2.24, 2.45) is 5.11 Å². The molecule has 1 N–H and O–H groups in total. The lowest BCUT2D eigenvalue weighted by molar-refractivity contribution is -0.145. The lowest BCUT2D eigenvalue weighted by atomic mass is 10.1. The zero-order valence-corrected chi connectivity index (χ0v) is 14.0. The highest BCUT2D eigenvalue weighted by Gasteiger charge is 2.21. The fraction of sp³-hybridized carbons (Fsp3) is 0.417. The molecular weight excluding hydrogens is 392 g/mol. The molecule has 1 aromatic carbocycles. The highest BCUT2D eigenvalue weighted by molar-refractivity contribution is 9.13. The van der Waals surface area contributed by atoms with Crippen LogP contribution >= 0.6 is 31.9 Å². The Labute approximate surface area is 133 Å². The van der Waals surface area contributed by atoms with Gasteiger partial charge in [-0.1, -0.05) is 11.2 Å². The van der Waals surface area contributed by atoms with Crippen molar-refractivity contribution in [1.82, 2.24) is 5.32 Å². The molecule has 0 aliphatic carbocycles. The predicted molar refractivity (Wildman–Crippen MR) is 83.2 cm³/mol. The van der Waals surface area contributed by atoms with Gasteiger partial charge in [0.05, 0.1) is 6.61 Å². The van der Waals surface area contributed by atoms with Gasteiger partial charge in [0, 0.05) is 26.9 Å². The fourth-order valence-electron chi connectivity index (χ4n) is 1.56. The Kier molecular flexibility index (Phi) is 7.61. The molecule has 0 saturated carbocycles. The maximum absolute atomic E-state index is 12.0. The third kappa shape index (κ3) is 5.13. The number of rotatable bonds is 7. The Morgan fingerprint density at radius 3 is 2.85 bits per heavy atom. The van der Waals surface area contributed by atoms with Crippen LogP contribution in [0, 0.1) is 0 Å². The number of hydrogen-bond acceptors (Lipinski definition) is 4. The molecule has 20 heavy (non-hydrogen) atoms. The highest BCUT2D eigenvalue weighted by Crippen LogP contribution is 2.27. The van der Waals surface area contributed by atoms with Crippen molar-refractivity contribution in [2.75, 3.05) is 19.7 Å². The zero-order valence-electron chi connectivity index (χ0n) is 10.8. The minimum absolute atomic E-state index is 0.268. The van der Waals surface area contributed by atoms with Crippen LogP contribution in [0.3, 0.4) is 0 Å². The summed E-state index contributed by atoms with van der Waals surface area (Å²) in [5.74, 6) is -0.359. The smallest absolute Gasteiger partial charge is 0.327 e. The molecule has 1 aromatic rings. The molecule has 1 unspecified atom stereocenters. The maximum Gasteiger partial charge on any atom is 0.327 e. The van der Waals surface area contributed by atoms with Crippen LogP contribution in [0.25, 0.3) is 10.4 Å². The number of hydrogen-bond donors (Lipinski definition) is 1. The van der Waals surface area contributed by atoms with E-state index >= 15 is 0 Å². The molecule has 0 fully saturated rings. The minimum atomic E-state index is -0.590. The first-order valence-corrected chi connectivity index (χ1v) is 7.54. The summed E-state index contributed by atoms with van der Waals surface area (Å²) in [5.41, 5.74) is 9.01. The number of ether oxygens (including phenoxy) is 1. The van der Waals surface area contributed by atoms with E-state index in [1.165, 1.54) is 0 Å². The monoisotopic (exact) mass is 404 g/mol. The maximum atomic E-state index is 12.0. The van der Waals surface area contributed by atoms with E-state index in [0.717, 1.165) is 14.5 Å². The van der Waals surface area contributed by atoms with Crippen LogP contribution in [0.1, 0.15) is 18.5 Å². The molecule has 0 saturated heterocycles. The third-order valence-electron chi connectivity index (χ3n) is 2.42. The largest absolute Gasteiger partial charge is 0.465 e. The van der Waals surface area contributed by atoms with E-state index in [-0.39, 0.29) is 12.5 Å². The molecule has 0 aliphatic rings. The van der Waals surface area contributed by atoms with Crippen LogP contribution in [0.15, 0.2) is 32.3 Å². The van der Waals surface area contributed by atoms with Gasteiger partial charge in [-0.25, -0.2) is 4.79 Å². The van der Waals surface area contributed by atoms with Crippen LogP contribution in [0.4, 0.5) is 0 Å². The second-order valence-corrected chi connectivity index (χ2v) is 5.48. The lowest BCUT2D eigenvalue weighted by Crippen LogP contribution is -2.32. The van der Waals surface area contributed by atoms with E-state index in [1.54, 1.807) is 6.92 Å². The third-order valence-corrected chi connectivity index (χ3v) is 4.30. The first-order valence-electron chi connectivity index (χ1n) is 5.96. The van der Waals surface area contributed by atoms with E-state index in [2.05, 4.69) is 47.2 Å². The number of carbonyl (C=O) groups is 1. The van der Waals surface area contributed by atoms with Crippen molar-refractivity contribution in [1.29, 1.82) is 0 Å². The SMILES string of the molecule is CCOC(=O)C(NCCN=[N+]=[N-])c1ccc(Br)c(Br)c1. The first kappa shape index (κ1) is 17.0. The molecule has 0 aromatic heterocycles. The predicted octanol–water partition coefficient (Wildman–Crippen LogP) is 3.72. The van der Waals surface area contributed by atoms with Crippen molar-refractivity contribution in [2.45, 2.75) is 13.0 Å². The normalized spacial score (nSPS) is 11.6. The minimum Gasteiger partial charge on any atom is -0.465 e. The van der Waals surface area contributed by atoms with Gasteiger partial charge >= 0.3 is 5.97 Å². The molecule has 0 aliphatic heterocycles. The van der Waals surface area contributed by atoms with Crippen LogP contribution in [-0.2, 0) is 9.53 Å². The topological polar surface area (TPSA) is 87.1 Å². The Balaban J connectivity index is 2.87. The van der Waals surface area contributed by atoms with E-state index in [0.29, 0.717) is 13.2 Å². The van der Waals surface area contributed by atoms with Crippen molar-refractivity contribution in [3.63, 3.8) is 0 Å². The number of benzene rings is 1. The average Bonchev–Trinajstić information content (AvgIpc) is 2.42. The molecule has 0 heterocycles. The molecule has 108 valence electrons. The number of nitrogens with zero attached hydrogens (tertiary/aromatic N) is 3. The Hall–Kier alpha value is -1.08. The number of esters is 1. The Bertz CT molecular complexity index is 518. The molecule has 1 atom stereocenters. The van der Waals surface area contributed by atoms with Crippen molar-refractivity contribution >= 4 is 37.8 Å². The molecule has 0 spiro atoms. The second-order valence-electron chi connectivity index (χ2n) is 3.77. The molecule has 0 bridgehead atoms. The van der Waals surface area contributed by atoms with Gasteiger partial charge in [-0.15, -0.1) is 0 Å². The van der Waals surface area contributed by atoms with Gasteiger partial charge in [0.25, 0.3) is 0 Å². The molecule has 6 nitrogen and oxygen atoms in total. The summed E-state index contributed by atoms with van der Waals surface area (Å²) in [6.07, 6.45) is 0. The number of halogens is 2. The quantitative estimate of drug-likeness (QED) is 0.246. The van der Waals surface area contributed by atoms with Crippen molar-refractivity contribution < 1.29 is 9.53 Å². The van der Waals surface area contributed by atoms with E-state index < -0.39 is 6.04 Å². The first-order chi connectivity index (χ1) is 9.60. The zero-order chi connectivity index (χ0) is 15.0. The number of azide groups is 1. The number of nitrogens with one attached hydrogen (secondary N) is 1. The summed E-state index contributed by atoms with van der Waals surface area (Å²) in [7, 11) is 0. The highest BCUT2D eigenvalue weighted by atomic mass is 79.9. The average molecular weight is 406 g/mol. The summed E-state index contributed by atoms with van der Waals surface area (Å²) in [4.78, 5) is 14.7. The summed E-state index contributed by atoms with van der Waals surface area (Å²) >= 11 is 6.78. The number of carbonyl (C=O) groups excluding carboxylic acids is 1. The van der Waals surface area contributed by atoms with Gasteiger partial charge in [0.15, 0.2) is 0 Å². The van der Waals surface area contributed by atoms with Gasteiger partial charge in [-0.2, -0.15) is 0 Å².